The van der Waals surface area contributed by atoms with E-state index in [1.807, 2.05) is 0 Å². The van der Waals surface area contributed by atoms with Crippen molar-refractivity contribution in [3.63, 3.8) is 0 Å². The largest absolute Gasteiger partial charge is 0.370 e. The fourth-order valence-electron chi connectivity index (χ4n) is 3.93. The van der Waals surface area contributed by atoms with Gasteiger partial charge in [0.05, 0.1) is 6.54 Å². The van der Waals surface area contributed by atoms with E-state index in [-0.39, 0.29) is 24.0 Å². The molecule has 24 heavy (non-hydrogen) atoms. The first-order chi connectivity index (χ1) is 11.2. The normalized spacial score (nSPS) is 18.3. The van der Waals surface area contributed by atoms with E-state index in [0.717, 1.165) is 31.2 Å². The van der Waals surface area contributed by atoms with E-state index in [4.69, 9.17) is 5.73 Å². The molecule has 1 aromatic rings. The van der Waals surface area contributed by atoms with Crippen LogP contribution in [0.25, 0.3) is 0 Å². The standard InChI is InChI=1S/C19H30N4.HI/c1-23(16-9-3-4-10-16)14-13-21-19(20)22-18-12-6-8-15-7-2-5-11-17(15)18;/h6,8,12,16H,2-5,7,9-11,13-14H2,1H3,(H3,20,21,22);1H. The molecule has 0 aliphatic heterocycles. The van der Waals surface area contributed by atoms with Crippen molar-refractivity contribution >= 4 is 35.6 Å². The Morgan fingerprint density at radius 2 is 1.96 bits per heavy atom. The van der Waals surface area contributed by atoms with Crippen molar-refractivity contribution in [2.45, 2.75) is 57.4 Å². The lowest BCUT2D eigenvalue weighted by molar-refractivity contribution is 0.252. The van der Waals surface area contributed by atoms with E-state index >= 15 is 0 Å². The van der Waals surface area contributed by atoms with Crippen molar-refractivity contribution in [3.05, 3.63) is 29.3 Å². The number of guanidine groups is 1. The Kier molecular flexibility index (Phi) is 7.81. The topological polar surface area (TPSA) is 53.6 Å². The molecule has 0 saturated heterocycles. The summed E-state index contributed by atoms with van der Waals surface area (Å²) in [7, 11) is 2.21. The molecule has 0 spiro atoms. The minimum absolute atomic E-state index is 0. The van der Waals surface area contributed by atoms with Gasteiger partial charge in [-0.05, 0) is 62.8 Å². The second kappa shape index (κ2) is 9.61. The number of hydrogen-bond acceptors (Lipinski definition) is 2. The lowest BCUT2D eigenvalue weighted by Crippen LogP contribution is -2.32. The monoisotopic (exact) mass is 442 g/mol. The van der Waals surface area contributed by atoms with Gasteiger partial charge in [0.2, 0.25) is 0 Å². The summed E-state index contributed by atoms with van der Waals surface area (Å²) in [6, 6.07) is 7.23. The molecule has 0 amide bonds. The van der Waals surface area contributed by atoms with Crippen LogP contribution in [0.15, 0.2) is 23.2 Å². The molecule has 0 unspecified atom stereocenters. The van der Waals surface area contributed by atoms with E-state index in [0.29, 0.717) is 5.96 Å². The van der Waals surface area contributed by atoms with Gasteiger partial charge in [-0.1, -0.05) is 25.0 Å². The zero-order valence-corrected chi connectivity index (χ0v) is 17.1. The van der Waals surface area contributed by atoms with E-state index < -0.39 is 0 Å². The van der Waals surface area contributed by atoms with Crippen molar-refractivity contribution in [2.75, 3.05) is 25.5 Å². The van der Waals surface area contributed by atoms with Crippen molar-refractivity contribution < 1.29 is 0 Å². The highest BCUT2D eigenvalue weighted by atomic mass is 127. The molecule has 1 saturated carbocycles. The summed E-state index contributed by atoms with van der Waals surface area (Å²) in [6.45, 7) is 1.75. The first-order valence-electron chi connectivity index (χ1n) is 9.12. The number of hydrogen-bond donors (Lipinski definition) is 2. The summed E-state index contributed by atoms with van der Waals surface area (Å²) in [6.07, 6.45) is 10.3. The van der Waals surface area contributed by atoms with Crippen LogP contribution in [0.5, 0.6) is 0 Å². The summed E-state index contributed by atoms with van der Waals surface area (Å²) >= 11 is 0. The van der Waals surface area contributed by atoms with Crippen LogP contribution in [0.1, 0.15) is 49.7 Å². The molecule has 0 aromatic heterocycles. The van der Waals surface area contributed by atoms with E-state index in [1.165, 1.54) is 56.1 Å². The van der Waals surface area contributed by atoms with Crippen LogP contribution in [0, 0.1) is 0 Å². The van der Waals surface area contributed by atoms with Gasteiger partial charge in [-0.15, -0.1) is 24.0 Å². The third-order valence-electron chi connectivity index (χ3n) is 5.34. The van der Waals surface area contributed by atoms with Crippen LogP contribution in [-0.4, -0.2) is 37.0 Å². The number of nitrogens with zero attached hydrogens (tertiary/aromatic N) is 2. The van der Waals surface area contributed by atoms with Crippen molar-refractivity contribution in [1.29, 1.82) is 0 Å². The molecule has 4 nitrogen and oxygen atoms in total. The van der Waals surface area contributed by atoms with Gasteiger partial charge < -0.3 is 16.0 Å². The molecule has 0 bridgehead atoms. The molecule has 1 fully saturated rings. The van der Waals surface area contributed by atoms with E-state index in [9.17, 15) is 0 Å². The molecule has 3 rings (SSSR count). The molecule has 1 aromatic carbocycles. The van der Waals surface area contributed by atoms with E-state index in [2.05, 4.69) is 40.5 Å². The molecule has 134 valence electrons. The van der Waals surface area contributed by atoms with Crippen LogP contribution in [0.4, 0.5) is 5.69 Å². The van der Waals surface area contributed by atoms with Gasteiger partial charge >= 0.3 is 0 Å². The number of rotatable bonds is 5. The molecule has 2 aliphatic carbocycles. The lowest BCUT2D eigenvalue weighted by Gasteiger charge is -2.23. The smallest absolute Gasteiger partial charge is 0.193 e. The summed E-state index contributed by atoms with van der Waals surface area (Å²) < 4.78 is 0. The summed E-state index contributed by atoms with van der Waals surface area (Å²) in [5.74, 6) is 0.545. The molecule has 0 radical (unpaired) electrons. The molecule has 0 heterocycles. The number of anilines is 1. The minimum Gasteiger partial charge on any atom is -0.370 e. The number of aryl methyl sites for hydroxylation is 1. The van der Waals surface area contributed by atoms with Gasteiger partial charge in [0.1, 0.15) is 0 Å². The molecular formula is C19H31IN4. The maximum atomic E-state index is 6.10. The first-order valence-corrected chi connectivity index (χ1v) is 9.12. The minimum atomic E-state index is 0. The van der Waals surface area contributed by atoms with Crippen LogP contribution < -0.4 is 11.1 Å². The molecule has 3 N–H and O–H groups in total. The maximum absolute atomic E-state index is 6.10. The zero-order chi connectivity index (χ0) is 16.1. The summed E-state index contributed by atoms with van der Waals surface area (Å²) in [5.41, 5.74) is 10.1. The Bertz CT molecular complexity index is 552. The molecule has 0 atom stereocenters. The third kappa shape index (κ3) is 5.09. The van der Waals surface area contributed by atoms with Crippen molar-refractivity contribution in [3.8, 4) is 0 Å². The second-order valence-corrected chi connectivity index (χ2v) is 6.96. The summed E-state index contributed by atoms with van der Waals surface area (Å²) in [4.78, 5) is 6.96. The van der Waals surface area contributed by atoms with Gasteiger partial charge in [0.15, 0.2) is 5.96 Å². The van der Waals surface area contributed by atoms with Crippen molar-refractivity contribution in [1.82, 2.24) is 4.90 Å². The van der Waals surface area contributed by atoms with E-state index in [1.54, 1.807) is 0 Å². The summed E-state index contributed by atoms with van der Waals surface area (Å²) in [5, 5.41) is 3.32. The molecule has 2 aliphatic rings. The SMILES string of the molecule is CN(CCN=C(N)Nc1cccc2c1CCCC2)C1CCCC1.I. The Morgan fingerprint density at radius 3 is 2.75 bits per heavy atom. The van der Waals surface area contributed by atoms with Crippen LogP contribution in [0.3, 0.4) is 0 Å². The average Bonchev–Trinajstić information content (AvgIpc) is 3.10. The molecular weight excluding hydrogens is 411 g/mol. The number of nitrogens with one attached hydrogen (secondary N) is 1. The number of fused-ring (bicyclic) bond motifs is 1. The van der Waals surface area contributed by atoms with Crippen LogP contribution in [-0.2, 0) is 12.8 Å². The average molecular weight is 442 g/mol. The highest BCUT2D eigenvalue weighted by Crippen LogP contribution is 2.27. The number of halogens is 1. The zero-order valence-electron chi connectivity index (χ0n) is 14.8. The highest BCUT2D eigenvalue weighted by molar-refractivity contribution is 14.0. The van der Waals surface area contributed by atoms with Gasteiger partial charge in [-0.25, -0.2) is 0 Å². The Morgan fingerprint density at radius 1 is 1.21 bits per heavy atom. The van der Waals surface area contributed by atoms with Crippen LogP contribution in [0.2, 0.25) is 0 Å². The number of nitrogens with two attached hydrogens (primary N) is 1. The fourth-order valence-corrected chi connectivity index (χ4v) is 3.93. The number of benzene rings is 1. The highest BCUT2D eigenvalue weighted by Gasteiger charge is 2.18. The van der Waals surface area contributed by atoms with Crippen LogP contribution >= 0.6 is 24.0 Å². The predicted molar refractivity (Wildman–Crippen MR) is 113 cm³/mol. The lowest BCUT2D eigenvalue weighted by atomic mass is 9.90. The Labute approximate surface area is 163 Å². The second-order valence-electron chi connectivity index (χ2n) is 6.96. The number of aliphatic imine (C=N–C) groups is 1. The fraction of sp³-hybridized carbons (Fsp3) is 0.632. The third-order valence-corrected chi connectivity index (χ3v) is 5.34. The van der Waals surface area contributed by atoms with Gasteiger partial charge in [0, 0.05) is 18.3 Å². The van der Waals surface area contributed by atoms with Crippen molar-refractivity contribution in [2.24, 2.45) is 10.7 Å². The predicted octanol–water partition coefficient (Wildman–Crippen LogP) is 3.78. The quantitative estimate of drug-likeness (QED) is 0.415. The van der Waals surface area contributed by atoms with Gasteiger partial charge in [-0.2, -0.15) is 0 Å². The number of likely N-dealkylation sites (N-methyl/N-ethyl adjacent to an activating group) is 1. The Balaban J connectivity index is 0.00000208. The first kappa shape index (κ1) is 19.5. The van der Waals surface area contributed by atoms with Gasteiger partial charge in [0.25, 0.3) is 0 Å². The maximum Gasteiger partial charge on any atom is 0.193 e. The molecule has 5 heteroatoms. The Hall–Kier alpha value is -0.820. The van der Waals surface area contributed by atoms with Gasteiger partial charge in [-0.3, -0.25) is 4.99 Å².